The standard InChI is InChI=1S/C17H24N6O4/c1-17(2)3-4-23(13(17)14(19)25,16(27)11-6-12(24)22-11)15(26)10(18)5-9-7-20-8-21-9/h7-8,10-11,13H,3-6,18H2,1-2H3,(H3-,19,20,21,22,24,25)/p+1/t10-,11-,13+,23?/m0/s1. The number of imide groups is 1. The zero-order valence-electron chi connectivity index (χ0n) is 15.4. The van der Waals surface area contributed by atoms with E-state index in [-0.39, 0.29) is 25.3 Å². The van der Waals surface area contributed by atoms with E-state index < -0.39 is 45.7 Å². The molecule has 1 aromatic rings. The van der Waals surface area contributed by atoms with Crippen LogP contribution in [0, 0.1) is 5.41 Å². The van der Waals surface area contributed by atoms with Gasteiger partial charge < -0.3 is 21.8 Å². The highest BCUT2D eigenvalue weighted by atomic mass is 16.2. The Balaban J connectivity index is 1.99. The van der Waals surface area contributed by atoms with Gasteiger partial charge in [-0.1, -0.05) is 13.8 Å². The minimum Gasteiger partial charge on any atom is -0.364 e. The predicted octanol–water partition coefficient (Wildman–Crippen LogP) is -1.68. The van der Waals surface area contributed by atoms with Gasteiger partial charge in [-0.15, -0.1) is 0 Å². The number of primary amides is 1. The molecule has 6 N–H and O–H groups in total. The van der Waals surface area contributed by atoms with Gasteiger partial charge in [0.1, 0.15) is 6.04 Å². The van der Waals surface area contributed by atoms with Crippen LogP contribution in [0.3, 0.4) is 0 Å². The molecule has 0 aromatic carbocycles. The Labute approximate surface area is 156 Å². The van der Waals surface area contributed by atoms with Crippen molar-refractivity contribution in [2.24, 2.45) is 16.9 Å². The zero-order valence-corrected chi connectivity index (χ0v) is 15.4. The first-order valence-electron chi connectivity index (χ1n) is 8.87. The van der Waals surface area contributed by atoms with E-state index in [1.807, 2.05) is 13.8 Å². The molecule has 10 nitrogen and oxygen atoms in total. The van der Waals surface area contributed by atoms with Crippen molar-refractivity contribution in [1.29, 1.82) is 0 Å². The quantitative estimate of drug-likeness (QED) is 0.354. The van der Waals surface area contributed by atoms with Crippen molar-refractivity contribution in [3.8, 4) is 0 Å². The maximum absolute atomic E-state index is 13.4. The van der Waals surface area contributed by atoms with Crippen molar-refractivity contribution in [3.05, 3.63) is 18.2 Å². The second kappa shape index (κ2) is 6.54. The third-order valence-corrected chi connectivity index (χ3v) is 5.68. The number of nitrogens with one attached hydrogen (secondary N) is 2. The van der Waals surface area contributed by atoms with Gasteiger partial charge in [0.05, 0.1) is 19.3 Å². The lowest BCUT2D eigenvalue weighted by Gasteiger charge is -2.41. The van der Waals surface area contributed by atoms with Crippen LogP contribution in [0.2, 0.25) is 0 Å². The molecule has 2 aliphatic heterocycles. The SMILES string of the molecule is CC1(C)CC[N+](C(=O)[C@@H]2CC(=O)N2)(C(=O)[C@@H](N)Cc2cnc[nH]2)[C@@H]1C(N)=O. The molecule has 2 aliphatic rings. The molecule has 10 heteroatoms. The molecule has 3 heterocycles. The van der Waals surface area contributed by atoms with Crippen LogP contribution in [0.25, 0.3) is 0 Å². The van der Waals surface area contributed by atoms with E-state index in [1.54, 1.807) is 6.20 Å². The fourth-order valence-electron chi connectivity index (χ4n) is 4.31. The first-order chi connectivity index (χ1) is 12.6. The third-order valence-electron chi connectivity index (χ3n) is 5.68. The molecule has 2 saturated heterocycles. The number of hydrogen-bond acceptors (Lipinski definition) is 6. The number of amides is 4. The first kappa shape index (κ1) is 19.2. The number of rotatable bonds is 5. The lowest BCUT2D eigenvalue weighted by molar-refractivity contribution is -0.787. The highest BCUT2D eigenvalue weighted by molar-refractivity contribution is 6.00. The van der Waals surface area contributed by atoms with Crippen LogP contribution in [0.5, 0.6) is 0 Å². The number of aromatic nitrogens is 2. The van der Waals surface area contributed by atoms with Crippen LogP contribution in [-0.4, -0.2) is 62.7 Å². The van der Waals surface area contributed by atoms with Gasteiger partial charge in [-0.2, -0.15) is 4.48 Å². The van der Waals surface area contributed by atoms with Gasteiger partial charge >= 0.3 is 11.8 Å². The number of carbonyl (C=O) groups excluding carboxylic acids is 4. The summed E-state index contributed by atoms with van der Waals surface area (Å²) in [5.41, 5.74) is 11.8. The molecular weight excluding hydrogens is 352 g/mol. The molecule has 0 radical (unpaired) electrons. The van der Waals surface area contributed by atoms with E-state index in [4.69, 9.17) is 11.5 Å². The van der Waals surface area contributed by atoms with E-state index >= 15 is 0 Å². The molecule has 0 spiro atoms. The highest BCUT2D eigenvalue weighted by Crippen LogP contribution is 2.43. The molecule has 4 amide bonds. The Hall–Kier alpha value is -2.59. The largest absolute Gasteiger partial charge is 0.364 e. The van der Waals surface area contributed by atoms with Gasteiger partial charge in [0.2, 0.25) is 5.91 Å². The first-order valence-corrected chi connectivity index (χ1v) is 8.87. The minimum atomic E-state index is -1.04. The molecular formula is C17H25N6O4+. The number of nitrogens with zero attached hydrogens (tertiary/aromatic N) is 2. The van der Waals surface area contributed by atoms with Crippen LogP contribution < -0.4 is 16.8 Å². The summed E-state index contributed by atoms with van der Waals surface area (Å²) in [7, 11) is 0. The molecule has 4 atom stereocenters. The molecule has 2 fully saturated rings. The molecule has 0 bridgehead atoms. The fourth-order valence-corrected chi connectivity index (χ4v) is 4.31. The molecule has 0 aliphatic carbocycles. The summed E-state index contributed by atoms with van der Waals surface area (Å²) < 4.78 is -0.747. The van der Waals surface area contributed by atoms with Crippen LogP contribution >= 0.6 is 0 Å². The van der Waals surface area contributed by atoms with Crippen LogP contribution in [-0.2, 0) is 25.6 Å². The monoisotopic (exact) mass is 377 g/mol. The number of carbonyl (C=O) groups is 4. The number of nitrogens with two attached hydrogens (primary N) is 2. The van der Waals surface area contributed by atoms with Crippen molar-refractivity contribution in [2.75, 3.05) is 6.54 Å². The zero-order chi connectivity index (χ0) is 20.0. The average molecular weight is 377 g/mol. The second-order valence-electron chi connectivity index (χ2n) is 8.02. The Bertz CT molecular complexity index is 781. The molecule has 27 heavy (non-hydrogen) atoms. The second-order valence-corrected chi connectivity index (χ2v) is 8.02. The maximum Gasteiger partial charge on any atom is 0.344 e. The van der Waals surface area contributed by atoms with Gasteiger partial charge in [0.15, 0.2) is 12.1 Å². The van der Waals surface area contributed by atoms with Crippen LogP contribution in [0.15, 0.2) is 12.5 Å². The number of quaternary nitrogens is 1. The Kier molecular flexibility index (Phi) is 4.64. The number of aromatic amines is 1. The molecule has 0 saturated carbocycles. The van der Waals surface area contributed by atoms with Crippen molar-refractivity contribution < 1.29 is 23.7 Å². The van der Waals surface area contributed by atoms with E-state index in [0.29, 0.717) is 12.1 Å². The van der Waals surface area contributed by atoms with E-state index in [0.717, 1.165) is 0 Å². The summed E-state index contributed by atoms with van der Waals surface area (Å²) in [5.74, 6) is -2.08. The van der Waals surface area contributed by atoms with Gasteiger partial charge in [-0.3, -0.25) is 9.59 Å². The van der Waals surface area contributed by atoms with Crippen LogP contribution in [0.1, 0.15) is 32.4 Å². The Morgan fingerprint density at radius 3 is 2.59 bits per heavy atom. The summed E-state index contributed by atoms with van der Waals surface area (Å²) in [5, 5.41) is 2.50. The van der Waals surface area contributed by atoms with Gasteiger partial charge in [-0.05, 0) is 0 Å². The average Bonchev–Trinajstić information content (AvgIpc) is 3.16. The van der Waals surface area contributed by atoms with E-state index in [9.17, 15) is 19.2 Å². The summed E-state index contributed by atoms with van der Waals surface area (Å²) in [6.07, 6.45) is 3.61. The number of hydrogen-bond donors (Lipinski definition) is 4. The smallest absolute Gasteiger partial charge is 0.344 e. The van der Waals surface area contributed by atoms with Gasteiger partial charge in [0.25, 0.3) is 5.91 Å². The van der Waals surface area contributed by atoms with E-state index in [1.165, 1.54) is 6.33 Å². The third kappa shape index (κ3) is 3.04. The number of H-pyrrole nitrogens is 1. The molecule has 1 unspecified atom stereocenters. The Morgan fingerprint density at radius 1 is 1.41 bits per heavy atom. The predicted molar refractivity (Wildman–Crippen MR) is 93.3 cm³/mol. The molecule has 1 aromatic heterocycles. The topological polar surface area (TPSA) is 161 Å². The Morgan fingerprint density at radius 2 is 2.07 bits per heavy atom. The maximum atomic E-state index is 13.4. The summed E-state index contributed by atoms with van der Waals surface area (Å²) in [6, 6.07) is -2.87. The normalized spacial score (nSPS) is 30.3. The van der Waals surface area contributed by atoms with Gasteiger partial charge in [0, 0.05) is 30.1 Å². The van der Waals surface area contributed by atoms with Crippen molar-refractivity contribution in [2.45, 2.75) is 51.2 Å². The fraction of sp³-hybridized carbons (Fsp3) is 0.588. The molecule has 3 rings (SSSR count). The summed E-state index contributed by atoms with van der Waals surface area (Å²) in [4.78, 5) is 57.1. The summed E-state index contributed by atoms with van der Waals surface area (Å²) in [6.45, 7) is 3.74. The lowest BCUT2D eigenvalue weighted by Crippen LogP contribution is -2.74. The van der Waals surface area contributed by atoms with Crippen molar-refractivity contribution in [3.63, 3.8) is 0 Å². The van der Waals surface area contributed by atoms with Crippen molar-refractivity contribution in [1.82, 2.24) is 15.3 Å². The van der Waals surface area contributed by atoms with Crippen LogP contribution in [0.4, 0.5) is 0 Å². The number of β-lactam (4-membered cyclic amide) rings is 1. The van der Waals surface area contributed by atoms with E-state index in [2.05, 4.69) is 15.3 Å². The minimum absolute atomic E-state index is 0.00614. The van der Waals surface area contributed by atoms with Gasteiger partial charge in [-0.25, -0.2) is 14.6 Å². The highest BCUT2D eigenvalue weighted by Gasteiger charge is 2.66. The number of imidazole rings is 1. The molecule has 146 valence electrons. The number of likely N-dealkylation sites (tertiary alicyclic amines) is 1. The van der Waals surface area contributed by atoms with Crippen molar-refractivity contribution >= 4 is 23.6 Å². The summed E-state index contributed by atoms with van der Waals surface area (Å²) >= 11 is 0. The lowest BCUT2D eigenvalue weighted by atomic mass is 9.83.